The van der Waals surface area contributed by atoms with Gasteiger partial charge in [-0.3, -0.25) is 9.20 Å². The molecular formula is C46H24N2O. The van der Waals surface area contributed by atoms with Gasteiger partial charge in [0.2, 0.25) is 0 Å². The zero-order valence-electron chi connectivity index (χ0n) is 26.2. The summed E-state index contributed by atoms with van der Waals surface area (Å²) in [5.74, 6) is 0. The molecular weight excluding hydrogens is 597 g/mol. The molecule has 0 amide bonds. The second kappa shape index (κ2) is 8.85. The van der Waals surface area contributed by atoms with Crippen molar-refractivity contribution >= 4 is 70.5 Å². The van der Waals surface area contributed by atoms with Crippen molar-refractivity contribution in [2.45, 2.75) is 0 Å². The zero-order chi connectivity index (χ0) is 32.0. The molecule has 0 saturated heterocycles. The maximum atomic E-state index is 14.2. The first kappa shape index (κ1) is 25.5. The maximum Gasteiger partial charge on any atom is 0.264 e. The summed E-state index contributed by atoms with van der Waals surface area (Å²) >= 11 is 0. The predicted octanol–water partition coefficient (Wildman–Crippen LogP) is 11.5. The molecule has 0 spiro atoms. The van der Waals surface area contributed by atoms with Crippen molar-refractivity contribution in [3.8, 4) is 44.5 Å². The minimum absolute atomic E-state index is 0.0169. The van der Waals surface area contributed by atoms with Crippen LogP contribution in [0.1, 0.15) is 0 Å². The number of benzene rings is 9. The van der Waals surface area contributed by atoms with Crippen LogP contribution in [0.4, 0.5) is 0 Å². The van der Waals surface area contributed by atoms with Gasteiger partial charge in [0, 0.05) is 16.2 Å². The highest BCUT2D eigenvalue weighted by Crippen LogP contribution is 2.57. The molecule has 3 heteroatoms. The summed E-state index contributed by atoms with van der Waals surface area (Å²) in [6.45, 7) is 0. The number of hydrogen-bond acceptors (Lipinski definition) is 2. The Labute approximate surface area is 279 Å². The predicted molar refractivity (Wildman–Crippen MR) is 204 cm³/mol. The highest BCUT2D eigenvalue weighted by molar-refractivity contribution is 6.40. The third-order valence-electron chi connectivity index (χ3n) is 11.1. The summed E-state index contributed by atoms with van der Waals surface area (Å²) in [6.07, 6.45) is 0. The zero-order valence-corrected chi connectivity index (χ0v) is 26.2. The molecule has 49 heavy (non-hydrogen) atoms. The van der Waals surface area contributed by atoms with Crippen LogP contribution in [0.5, 0.6) is 0 Å². The summed E-state index contributed by atoms with van der Waals surface area (Å²) < 4.78 is 1.79. The van der Waals surface area contributed by atoms with Gasteiger partial charge in [0.15, 0.2) is 0 Å². The molecule has 0 radical (unpaired) electrons. The summed E-state index contributed by atoms with van der Waals surface area (Å²) in [4.78, 5) is 19.2. The van der Waals surface area contributed by atoms with Crippen molar-refractivity contribution in [1.29, 1.82) is 0 Å². The Balaban J connectivity index is 1.25. The number of fused-ring (bicyclic) bond motifs is 9. The third-order valence-corrected chi connectivity index (χ3v) is 11.1. The molecule has 1 aliphatic rings. The molecule has 2 aromatic heterocycles. The van der Waals surface area contributed by atoms with Crippen LogP contribution in [0, 0.1) is 0 Å². The van der Waals surface area contributed by atoms with Gasteiger partial charge in [0.25, 0.3) is 5.56 Å². The van der Waals surface area contributed by atoms with E-state index in [0.29, 0.717) is 0 Å². The van der Waals surface area contributed by atoms with Crippen LogP contribution in [0.3, 0.4) is 0 Å². The van der Waals surface area contributed by atoms with Crippen molar-refractivity contribution in [2.75, 3.05) is 0 Å². The Morgan fingerprint density at radius 1 is 0.388 bits per heavy atom. The number of nitrogens with zero attached hydrogens (tertiary/aromatic N) is 2. The van der Waals surface area contributed by atoms with Crippen molar-refractivity contribution in [2.24, 2.45) is 0 Å². The fourth-order valence-corrected chi connectivity index (χ4v) is 9.08. The Bertz CT molecular complexity index is 3150. The number of rotatable bonds is 2. The van der Waals surface area contributed by atoms with E-state index in [1.807, 2.05) is 30.3 Å². The van der Waals surface area contributed by atoms with E-state index >= 15 is 0 Å². The van der Waals surface area contributed by atoms with Crippen LogP contribution in [0.25, 0.3) is 115 Å². The number of imidazole rings is 1. The molecule has 2 heterocycles. The van der Waals surface area contributed by atoms with Gasteiger partial charge in [0.05, 0.1) is 11.0 Å². The van der Waals surface area contributed by atoms with Crippen LogP contribution in [-0.2, 0) is 0 Å². The standard InChI is InChI=1S/C46H24N2O/c49-46-36-24-20-32-30-18-22-34-40-28(26-11-5-2-6-12-26)16-15-27(25-9-3-1-4-10-25)39(40)33-21-17-29(41(30)43(33)34)31-19-23-35(44(36)42(31)32)45-47-37-13-7-8-14-38(37)48(45)46/h1-24H. The van der Waals surface area contributed by atoms with Crippen LogP contribution in [0.15, 0.2) is 150 Å². The fourth-order valence-electron chi connectivity index (χ4n) is 9.08. The molecule has 12 rings (SSSR count). The van der Waals surface area contributed by atoms with E-state index in [1.165, 1.54) is 76.8 Å². The molecule has 0 saturated carbocycles. The molecule has 0 aliphatic heterocycles. The second-order valence-corrected chi connectivity index (χ2v) is 13.4. The monoisotopic (exact) mass is 620 g/mol. The molecule has 0 unspecified atom stereocenters. The highest BCUT2D eigenvalue weighted by atomic mass is 16.1. The third kappa shape index (κ3) is 3.04. The van der Waals surface area contributed by atoms with E-state index in [1.54, 1.807) is 4.40 Å². The van der Waals surface area contributed by atoms with E-state index in [4.69, 9.17) is 4.98 Å². The van der Waals surface area contributed by atoms with E-state index in [9.17, 15) is 4.79 Å². The number of para-hydroxylation sites is 2. The van der Waals surface area contributed by atoms with Crippen LogP contribution < -0.4 is 5.56 Å². The molecule has 0 N–H and O–H groups in total. The Morgan fingerprint density at radius 2 is 0.837 bits per heavy atom. The molecule has 0 fully saturated rings. The van der Waals surface area contributed by atoms with Crippen molar-refractivity contribution in [1.82, 2.24) is 9.38 Å². The molecule has 1 aliphatic carbocycles. The maximum absolute atomic E-state index is 14.2. The molecule has 0 atom stereocenters. The van der Waals surface area contributed by atoms with Gasteiger partial charge in [-0.25, -0.2) is 4.98 Å². The summed E-state index contributed by atoms with van der Waals surface area (Å²) in [5, 5.41) is 11.3. The first-order valence-electron chi connectivity index (χ1n) is 16.8. The topological polar surface area (TPSA) is 34.4 Å². The summed E-state index contributed by atoms with van der Waals surface area (Å²) in [5.41, 5.74) is 12.5. The smallest absolute Gasteiger partial charge is 0.264 e. The Morgan fingerprint density at radius 3 is 1.45 bits per heavy atom. The molecule has 3 nitrogen and oxygen atoms in total. The number of aromatic nitrogens is 2. The molecule has 9 aromatic carbocycles. The minimum Gasteiger partial charge on any atom is -0.268 e. The molecule has 224 valence electrons. The van der Waals surface area contributed by atoms with Crippen LogP contribution >= 0.6 is 0 Å². The molecule has 11 aromatic rings. The van der Waals surface area contributed by atoms with Gasteiger partial charge in [-0.2, -0.15) is 0 Å². The average Bonchev–Trinajstić information content (AvgIpc) is 3.72. The first-order chi connectivity index (χ1) is 24.3. The fraction of sp³-hybridized carbons (Fsp3) is 0. The van der Waals surface area contributed by atoms with Crippen molar-refractivity contribution in [3.63, 3.8) is 0 Å². The largest absolute Gasteiger partial charge is 0.268 e. The number of hydrogen-bond donors (Lipinski definition) is 0. The molecule has 0 bridgehead atoms. The van der Waals surface area contributed by atoms with E-state index in [0.717, 1.165) is 38.2 Å². The van der Waals surface area contributed by atoms with E-state index in [-0.39, 0.29) is 5.56 Å². The van der Waals surface area contributed by atoms with E-state index in [2.05, 4.69) is 115 Å². The van der Waals surface area contributed by atoms with Gasteiger partial charge in [-0.1, -0.05) is 121 Å². The Hall–Kier alpha value is -6.58. The van der Waals surface area contributed by atoms with Gasteiger partial charge >= 0.3 is 0 Å². The normalized spacial score (nSPS) is 12.6. The van der Waals surface area contributed by atoms with Crippen LogP contribution in [-0.4, -0.2) is 9.38 Å². The lowest BCUT2D eigenvalue weighted by Gasteiger charge is -2.17. The minimum atomic E-state index is -0.0169. The first-order valence-corrected chi connectivity index (χ1v) is 16.8. The summed E-state index contributed by atoms with van der Waals surface area (Å²) in [7, 11) is 0. The van der Waals surface area contributed by atoms with Gasteiger partial charge in [0.1, 0.15) is 5.65 Å². The average molecular weight is 621 g/mol. The second-order valence-electron chi connectivity index (χ2n) is 13.4. The Kier molecular flexibility index (Phi) is 4.61. The lowest BCUT2D eigenvalue weighted by Crippen LogP contribution is -2.13. The van der Waals surface area contributed by atoms with Gasteiger partial charge in [-0.15, -0.1) is 0 Å². The van der Waals surface area contributed by atoms with E-state index < -0.39 is 0 Å². The summed E-state index contributed by atoms with van der Waals surface area (Å²) in [6, 6.07) is 52.0. The SMILES string of the molecule is O=c1c2ccc3c4ccc5c6c(ccc(c7ccc(c2c37)c2nc3ccccc3n12)c64)-c1c(-c2ccccc2)ccc(-c2ccccc2)c1-5. The van der Waals surface area contributed by atoms with Gasteiger partial charge < -0.3 is 0 Å². The lowest BCUT2D eigenvalue weighted by molar-refractivity contribution is 1.19. The van der Waals surface area contributed by atoms with Gasteiger partial charge in [-0.05, 0) is 106 Å². The van der Waals surface area contributed by atoms with Crippen LogP contribution in [0.2, 0.25) is 0 Å². The van der Waals surface area contributed by atoms with Crippen molar-refractivity contribution in [3.05, 3.63) is 156 Å². The van der Waals surface area contributed by atoms with Crippen molar-refractivity contribution < 1.29 is 0 Å². The number of pyridine rings is 1. The highest BCUT2D eigenvalue weighted by Gasteiger charge is 2.30. The quantitative estimate of drug-likeness (QED) is 0.142. The lowest BCUT2D eigenvalue weighted by atomic mass is 9.86.